The van der Waals surface area contributed by atoms with Crippen molar-refractivity contribution in [3.05, 3.63) is 0 Å². The molecule has 0 aromatic rings. The van der Waals surface area contributed by atoms with Crippen LogP contribution in [0.2, 0.25) is 0 Å². The van der Waals surface area contributed by atoms with E-state index in [1.54, 1.807) is 0 Å². The van der Waals surface area contributed by atoms with Crippen molar-refractivity contribution in [2.24, 2.45) is 11.7 Å². The van der Waals surface area contributed by atoms with Crippen molar-refractivity contribution in [2.75, 3.05) is 11.5 Å². The third-order valence-electron chi connectivity index (χ3n) is 2.36. The van der Waals surface area contributed by atoms with Crippen LogP contribution in [0.3, 0.4) is 0 Å². The highest BCUT2D eigenvalue weighted by atomic mass is 32.2. The second-order valence-corrected chi connectivity index (χ2v) is 5.62. The second kappa shape index (κ2) is 8.82. The van der Waals surface area contributed by atoms with Crippen molar-refractivity contribution >= 4 is 34.9 Å². The van der Waals surface area contributed by atoms with Crippen LogP contribution in [0, 0.1) is 5.92 Å². The van der Waals surface area contributed by atoms with E-state index in [9.17, 15) is 4.79 Å². The van der Waals surface area contributed by atoms with Crippen LogP contribution in [-0.2, 0) is 4.79 Å². The molecule has 0 fully saturated rings. The Morgan fingerprint density at radius 3 is 2.56 bits per heavy atom. The number of carbonyl (C=O) groups excluding carboxylic acids is 1. The number of hydrogen-bond acceptors (Lipinski definition) is 3. The minimum Gasteiger partial charge on any atom is -0.393 e. The van der Waals surface area contributed by atoms with Gasteiger partial charge in [0.1, 0.15) is 0 Å². The molecule has 3 nitrogen and oxygen atoms in total. The lowest BCUT2D eigenvalue weighted by molar-refractivity contribution is -0.123. The maximum atomic E-state index is 11.8. The molecule has 0 spiro atoms. The van der Waals surface area contributed by atoms with Crippen LogP contribution in [0.5, 0.6) is 0 Å². The second-order valence-electron chi connectivity index (χ2n) is 3.76. The highest BCUT2D eigenvalue weighted by Crippen LogP contribution is 2.07. The third-order valence-corrected chi connectivity index (χ3v) is 3.57. The van der Waals surface area contributed by atoms with Gasteiger partial charge in [0.05, 0.1) is 10.9 Å². The van der Waals surface area contributed by atoms with E-state index in [0.29, 0.717) is 6.42 Å². The molecule has 0 rings (SSSR count). The lowest BCUT2D eigenvalue weighted by atomic mass is 10.1. The van der Waals surface area contributed by atoms with E-state index >= 15 is 0 Å². The molecule has 0 heterocycles. The number of nitrogens with one attached hydrogen (secondary N) is 1. The summed E-state index contributed by atoms with van der Waals surface area (Å²) in [6.45, 7) is 6.06. The van der Waals surface area contributed by atoms with Crippen LogP contribution in [-0.4, -0.2) is 28.4 Å². The van der Waals surface area contributed by atoms with Crippen molar-refractivity contribution in [1.82, 2.24) is 5.32 Å². The Labute approximate surface area is 108 Å². The van der Waals surface area contributed by atoms with E-state index in [2.05, 4.69) is 12.2 Å². The molecule has 0 aliphatic carbocycles. The van der Waals surface area contributed by atoms with Crippen LogP contribution in [0.15, 0.2) is 0 Å². The number of rotatable bonds is 8. The monoisotopic (exact) mass is 262 g/mol. The Bertz CT molecular complexity index is 234. The summed E-state index contributed by atoms with van der Waals surface area (Å²) in [7, 11) is 0. The van der Waals surface area contributed by atoms with Crippen molar-refractivity contribution in [1.29, 1.82) is 0 Å². The number of amides is 1. The van der Waals surface area contributed by atoms with Gasteiger partial charge >= 0.3 is 0 Å². The Kier molecular flexibility index (Phi) is 8.66. The molecule has 0 bridgehead atoms. The van der Waals surface area contributed by atoms with E-state index in [1.165, 1.54) is 0 Å². The molecule has 0 aliphatic rings. The smallest absolute Gasteiger partial charge is 0.230 e. The Morgan fingerprint density at radius 2 is 2.12 bits per heavy atom. The number of hydrogen-bond donors (Lipinski definition) is 2. The summed E-state index contributed by atoms with van der Waals surface area (Å²) in [6.07, 6.45) is 1.65. The standard InChI is InChI=1S/C11H22N2OS2/c1-4-9(10(12)15)11(14)13-8(3)6-7-16-5-2/h8-9H,4-7H2,1-3H3,(H2,12,15)(H,13,14). The van der Waals surface area contributed by atoms with Gasteiger partial charge in [-0.2, -0.15) is 11.8 Å². The summed E-state index contributed by atoms with van der Waals surface area (Å²) < 4.78 is 0. The first-order chi connectivity index (χ1) is 7.52. The molecule has 5 heteroatoms. The van der Waals surface area contributed by atoms with Gasteiger partial charge in [-0.3, -0.25) is 4.79 Å². The van der Waals surface area contributed by atoms with E-state index in [-0.39, 0.29) is 22.9 Å². The van der Waals surface area contributed by atoms with E-state index in [0.717, 1.165) is 17.9 Å². The fraction of sp³-hybridized carbons (Fsp3) is 0.818. The molecule has 0 radical (unpaired) electrons. The Hall–Kier alpha value is -0.290. The predicted molar refractivity (Wildman–Crippen MR) is 75.8 cm³/mol. The maximum absolute atomic E-state index is 11.8. The molecule has 16 heavy (non-hydrogen) atoms. The summed E-state index contributed by atoms with van der Waals surface area (Å²) in [4.78, 5) is 12.1. The zero-order chi connectivity index (χ0) is 12.6. The molecule has 3 N–H and O–H groups in total. The topological polar surface area (TPSA) is 55.1 Å². The SMILES string of the molecule is CCSCCC(C)NC(=O)C(CC)C(N)=S. The van der Waals surface area contributed by atoms with Gasteiger partial charge in [-0.25, -0.2) is 0 Å². The first-order valence-electron chi connectivity index (χ1n) is 5.70. The van der Waals surface area contributed by atoms with Crippen LogP contribution in [0.4, 0.5) is 0 Å². The van der Waals surface area contributed by atoms with Crippen LogP contribution < -0.4 is 11.1 Å². The van der Waals surface area contributed by atoms with Crippen LogP contribution >= 0.6 is 24.0 Å². The van der Waals surface area contributed by atoms with Crippen molar-refractivity contribution < 1.29 is 4.79 Å². The highest BCUT2D eigenvalue weighted by molar-refractivity contribution is 7.99. The summed E-state index contributed by atoms with van der Waals surface area (Å²) in [6, 6.07) is 0.190. The van der Waals surface area contributed by atoms with Gasteiger partial charge in [0.15, 0.2) is 0 Å². The fourth-order valence-electron chi connectivity index (χ4n) is 1.34. The maximum Gasteiger partial charge on any atom is 0.230 e. The normalized spacial score (nSPS) is 14.2. The van der Waals surface area contributed by atoms with Crippen LogP contribution in [0.25, 0.3) is 0 Å². The summed E-state index contributed by atoms with van der Waals surface area (Å²) in [5.41, 5.74) is 5.51. The van der Waals surface area contributed by atoms with E-state index < -0.39 is 0 Å². The minimum atomic E-state index is -0.323. The Morgan fingerprint density at radius 1 is 1.50 bits per heavy atom. The molecule has 0 saturated carbocycles. The lowest BCUT2D eigenvalue weighted by Gasteiger charge is -2.18. The van der Waals surface area contributed by atoms with Gasteiger partial charge in [0.25, 0.3) is 0 Å². The number of nitrogens with two attached hydrogens (primary N) is 1. The van der Waals surface area contributed by atoms with Gasteiger partial charge in [-0.05, 0) is 31.3 Å². The molecule has 2 unspecified atom stereocenters. The van der Waals surface area contributed by atoms with Gasteiger partial charge in [0, 0.05) is 6.04 Å². The number of carbonyl (C=O) groups is 1. The lowest BCUT2D eigenvalue weighted by Crippen LogP contribution is -2.41. The zero-order valence-corrected chi connectivity index (χ0v) is 11.9. The summed E-state index contributed by atoms with van der Waals surface area (Å²) in [5, 5.41) is 2.95. The van der Waals surface area contributed by atoms with Gasteiger partial charge in [-0.1, -0.05) is 26.1 Å². The van der Waals surface area contributed by atoms with E-state index in [4.69, 9.17) is 18.0 Å². The fourth-order valence-corrected chi connectivity index (χ4v) is 2.42. The molecule has 2 atom stereocenters. The first-order valence-corrected chi connectivity index (χ1v) is 7.26. The molecule has 0 saturated heterocycles. The number of thioether (sulfide) groups is 1. The molecule has 0 aromatic carbocycles. The van der Waals surface area contributed by atoms with Gasteiger partial charge in [-0.15, -0.1) is 0 Å². The van der Waals surface area contributed by atoms with E-state index in [1.807, 2.05) is 25.6 Å². The number of thiocarbonyl (C=S) groups is 1. The molecular weight excluding hydrogens is 240 g/mol. The minimum absolute atomic E-state index is 0.0380. The Balaban J connectivity index is 3.97. The van der Waals surface area contributed by atoms with Crippen molar-refractivity contribution in [3.63, 3.8) is 0 Å². The van der Waals surface area contributed by atoms with Crippen LogP contribution in [0.1, 0.15) is 33.6 Å². The average Bonchev–Trinajstić information content (AvgIpc) is 2.18. The zero-order valence-electron chi connectivity index (χ0n) is 10.3. The highest BCUT2D eigenvalue weighted by Gasteiger charge is 2.20. The molecule has 0 aliphatic heterocycles. The molecule has 1 amide bonds. The molecule has 0 aromatic heterocycles. The average molecular weight is 262 g/mol. The largest absolute Gasteiger partial charge is 0.393 e. The quantitative estimate of drug-likeness (QED) is 0.518. The van der Waals surface area contributed by atoms with Crippen molar-refractivity contribution in [2.45, 2.75) is 39.7 Å². The van der Waals surface area contributed by atoms with Crippen molar-refractivity contribution in [3.8, 4) is 0 Å². The van der Waals surface area contributed by atoms with Gasteiger partial charge in [0.2, 0.25) is 5.91 Å². The summed E-state index contributed by atoms with van der Waals surface area (Å²) in [5.74, 6) is 1.83. The molecule has 94 valence electrons. The molecular formula is C11H22N2OS2. The van der Waals surface area contributed by atoms with Gasteiger partial charge < -0.3 is 11.1 Å². The summed E-state index contributed by atoms with van der Waals surface area (Å²) >= 11 is 6.75. The predicted octanol–water partition coefficient (Wildman–Crippen LogP) is 1.95. The third kappa shape index (κ3) is 6.33. The first kappa shape index (κ1) is 15.7.